The third kappa shape index (κ3) is 6.59. The fraction of sp³-hybridized carbons (Fsp3) is 0.500. The molecule has 1 N–H and O–H groups in total. The number of aromatic nitrogens is 2. The number of hydrogen-bond acceptors (Lipinski definition) is 10. The molecule has 1 saturated heterocycles. The van der Waals surface area contributed by atoms with Gasteiger partial charge in [-0.1, -0.05) is 20.3 Å². The summed E-state index contributed by atoms with van der Waals surface area (Å²) in [6.07, 6.45) is 6.68. The van der Waals surface area contributed by atoms with Gasteiger partial charge in [0.05, 0.1) is 25.0 Å². The van der Waals surface area contributed by atoms with E-state index in [-0.39, 0.29) is 17.4 Å². The van der Waals surface area contributed by atoms with Gasteiger partial charge in [0.25, 0.3) is 0 Å². The minimum atomic E-state index is -0.231. The molecular formula is C26H35N5O3S2. The predicted molar refractivity (Wildman–Crippen MR) is 150 cm³/mol. The molecule has 4 heterocycles. The molecule has 2 atom stereocenters. The van der Waals surface area contributed by atoms with Crippen molar-refractivity contribution in [2.24, 2.45) is 0 Å². The first-order valence-corrected chi connectivity index (χ1v) is 14.6. The molecule has 2 aliphatic heterocycles. The largest absolute Gasteiger partial charge is 0.481 e. The van der Waals surface area contributed by atoms with Crippen molar-refractivity contribution in [2.75, 3.05) is 46.8 Å². The second-order valence-corrected chi connectivity index (χ2v) is 10.9. The van der Waals surface area contributed by atoms with Crippen LogP contribution in [0.2, 0.25) is 0 Å². The lowest BCUT2D eigenvalue weighted by molar-refractivity contribution is -0.139. The number of rotatable bonds is 11. The van der Waals surface area contributed by atoms with Gasteiger partial charge < -0.3 is 19.7 Å². The highest BCUT2D eigenvalue weighted by atomic mass is 32.2. The van der Waals surface area contributed by atoms with Crippen LogP contribution in [-0.4, -0.2) is 59.1 Å². The van der Waals surface area contributed by atoms with Crippen LogP contribution in [0.3, 0.4) is 0 Å². The Balaban J connectivity index is 1.58. The Labute approximate surface area is 222 Å². The number of esters is 1. The minimum absolute atomic E-state index is 0.0404. The molecule has 10 heteroatoms. The van der Waals surface area contributed by atoms with Gasteiger partial charge in [-0.2, -0.15) is 11.8 Å². The predicted octanol–water partition coefficient (Wildman–Crippen LogP) is 5.34. The molecule has 4 rings (SSSR count). The summed E-state index contributed by atoms with van der Waals surface area (Å²) in [7, 11) is 1.60. The van der Waals surface area contributed by atoms with Gasteiger partial charge in [0.15, 0.2) is 0 Å². The number of ether oxygens (including phenoxy) is 2. The number of carbonyl (C=O) groups excluding carboxylic acids is 1. The lowest BCUT2D eigenvalue weighted by atomic mass is 10.1. The van der Waals surface area contributed by atoms with E-state index in [1.807, 2.05) is 42.4 Å². The summed E-state index contributed by atoms with van der Waals surface area (Å²) in [6, 6.07) is 8.06. The highest BCUT2D eigenvalue weighted by molar-refractivity contribution is 8.03. The fourth-order valence-electron chi connectivity index (χ4n) is 4.30. The van der Waals surface area contributed by atoms with E-state index in [9.17, 15) is 4.79 Å². The molecule has 2 unspecified atom stereocenters. The monoisotopic (exact) mass is 529 g/mol. The van der Waals surface area contributed by atoms with Crippen LogP contribution >= 0.6 is 23.5 Å². The van der Waals surface area contributed by atoms with Gasteiger partial charge in [0, 0.05) is 60.4 Å². The topological polar surface area (TPSA) is 79.8 Å². The molecule has 0 saturated carbocycles. The van der Waals surface area contributed by atoms with Crippen LogP contribution in [0.25, 0.3) is 0 Å². The van der Waals surface area contributed by atoms with Crippen molar-refractivity contribution in [1.29, 1.82) is 0 Å². The van der Waals surface area contributed by atoms with Gasteiger partial charge in [-0.3, -0.25) is 9.69 Å². The van der Waals surface area contributed by atoms with Crippen LogP contribution in [0, 0.1) is 0 Å². The average molecular weight is 530 g/mol. The van der Waals surface area contributed by atoms with Crippen molar-refractivity contribution < 1.29 is 14.3 Å². The van der Waals surface area contributed by atoms with Crippen molar-refractivity contribution in [3.05, 3.63) is 48.0 Å². The number of thioether (sulfide) groups is 2. The summed E-state index contributed by atoms with van der Waals surface area (Å²) < 4.78 is 11.0. The van der Waals surface area contributed by atoms with E-state index in [4.69, 9.17) is 9.47 Å². The molecular weight excluding hydrogens is 494 g/mol. The number of nitrogens with zero attached hydrogens (tertiary/aromatic N) is 4. The van der Waals surface area contributed by atoms with Gasteiger partial charge in [-0.05, 0) is 25.0 Å². The zero-order chi connectivity index (χ0) is 25.3. The normalized spacial score (nSPS) is 18.5. The maximum absolute atomic E-state index is 12.4. The van der Waals surface area contributed by atoms with Crippen LogP contribution in [-0.2, 0) is 9.53 Å². The molecule has 36 heavy (non-hydrogen) atoms. The van der Waals surface area contributed by atoms with Crippen molar-refractivity contribution >= 4 is 46.7 Å². The second kappa shape index (κ2) is 13.1. The number of nitrogens with one attached hydrogen (secondary N) is 1. The Morgan fingerprint density at radius 2 is 2.00 bits per heavy atom. The molecule has 2 aliphatic rings. The summed E-state index contributed by atoms with van der Waals surface area (Å²) in [4.78, 5) is 25.9. The number of hydrogen-bond donors (Lipinski definition) is 1. The summed E-state index contributed by atoms with van der Waals surface area (Å²) in [6.45, 7) is 6.26. The number of anilines is 3. The molecule has 2 aromatic rings. The Morgan fingerprint density at radius 1 is 1.17 bits per heavy atom. The first-order chi connectivity index (χ1) is 17.6. The molecule has 0 aliphatic carbocycles. The maximum Gasteiger partial charge on any atom is 0.312 e. The standard InChI is InChI=1S/C26H35N5O3S2/c1-4-6-21(29-22-16-19(10-11-27-22)30-12-14-35-15-13-30)26-31(20-8-9-23(33-3)28-17-20)24(18-36-26)34-25(32)7-5-2/h8-11,16-18,21,26H,4-7,12-15H2,1-3H3,(H,27,29). The van der Waals surface area contributed by atoms with E-state index in [0.717, 1.165) is 55.4 Å². The fourth-order valence-corrected chi connectivity index (χ4v) is 6.37. The SMILES string of the molecule is CCCC(=O)OC1=CSC(C(CCC)Nc2cc(N3CCSCC3)ccn2)N1c1ccc(OC)nc1. The molecule has 2 aromatic heterocycles. The van der Waals surface area contributed by atoms with Crippen LogP contribution in [0.15, 0.2) is 48.0 Å². The lowest BCUT2D eigenvalue weighted by Crippen LogP contribution is -2.43. The van der Waals surface area contributed by atoms with E-state index in [1.54, 1.807) is 25.1 Å². The van der Waals surface area contributed by atoms with E-state index < -0.39 is 0 Å². The van der Waals surface area contributed by atoms with Crippen molar-refractivity contribution in [3.8, 4) is 5.88 Å². The zero-order valence-electron chi connectivity index (χ0n) is 21.2. The average Bonchev–Trinajstić information content (AvgIpc) is 3.32. The van der Waals surface area contributed by atoms with Gasteiger partial charge >= 0.3 is 5.97 Å². The summed E-state index contributed by atoms with van der Waals surface area (Å²) in [5.74, 6) is 4.00. The van der Waals surface area contributed by atoms with Crippen LogP contribution in [0.4, 0.5) is 17.2 Å². The van der Waals surface area contributed by atoms with E-state index in [2.05, 4.69) is 44.1 Å². The van der Waals surface area contributed by atoms with Crippen LogP contribution < -0.4 is 19.9 Å². The van der Waals surface area contributed by atoms with E-state index >= 15 is 0 Å². The Bertz CT molecular complexity index is 1030. The number of methoxy groups -OCH3 is 1. The first kappa shape index (κ1) is 26.5. The van der Waals surface area contributed by atoms with E-state index in [1.165, 1.54) is 5.69 Å². The highest BCUT2D eigenvalue weighted by Crippen LogP contribution is 2.40. The smallest absolute Gasteiger partial charge is 0.312 e. The molecule has 0 bridgehead atoms. The molecule has 0 spiro atoms. The van der Waals surface area contributed by atoms with Crippen LogP contribution in [0.5, 0.6) is 5.88 Å². The number of pyridine rings is 2. The third-order valence-electron chi connectivity index (χ3n) is 6.08. The van der Waals surface area contributed by atoms with Crippen LogP contribution in [0.1, 0.15) is 39.5 Å². The molecule has 1 fully saturated rings. The summed E-state index contributed by atoms with van der Waals surface area (Å²) >= 11 is 3.65. The Morgan fingerprint density at radius 3 is 2.69 bits per heavy atom. The molecule has 0 aromatic carbocycles. The summed E-state index contributed by atoms with van der Waals surface area (Å²) in [5.41, 5.74) is 2.04. The zero-order valence-corrected chi connectivity index (χ0v) is 22.8. The van der Waals surface area contributed by atoms with E-state index in [0.29, 0.717) is 18.2 Å². The number of carbonyl (C=O) groups is 1. The molecule has 194 valence electrons. The molecule has 0 radical (unpaired) electrons. The quantitative estimate of drug-likeness (QED) is 0.385. The Hall–Kier alpha value is -2.59. The van der Waals surface area contributed by atoms with Gasteiger partial charge in [-0.25, -0.2) is 9.97 Å². The van der Waals surface area contributed by atoms with Crippen molar-refractivity contribution in [3.63, 3.8) is 0 Å². The van der Waals surface area contributed by atoms with Crippen molar-refractivity contribution in [2.45, 2.75) is 50.9 Å². The second-order valence-electron chi connectivity index (χ2n) is 8.67. The minimum Gasteiger partial charge on any atom is -0.481 e. The molecule has 8 nitrogen and oxygen atoms in total. The van der Waals surface area contributed by atoms with Gasteiger partial charge in [0.2, 0.25) is 11.8 Å². The Kier molecular flexibility index (Phi) is 9.63. The third-order valence-corrected chi connectivity index (χ3v) is 8.18. The maximum atomic E-state index is 12.4. The van der Waals surface area contributed by atoms with Crippen molar-refractivity contribution in [1.82, 2.24) is 9.97 Å². The highest BCUT2D eigenvalue weighted by Gasteiger charge is 2.37. The lowest BCUT2D eigenvalue weighted by Gasteiger charge is -2.34. The van der Waals surface area contributed by atoms with Gasteiger partial charge in [-0.15, -0.1) is 11.8 Å². The molecule has 0 amide bonds. The summed E-state index contributed by atoms with van der Waals surface area (Å²) in [5, 5.41) is 5.59. The van der Waals surface area contributed by atoms with Gasteiger partial charge in [0.1, 0.15) is 11.2 Å². The first-order valence-electron chi connectivity index (χ1n) is 12.5.